The fourth-order valence-corrected chi connectivity index (χ4v) is 2.45. The number of benzene rings is 2. The highest BCUT2D eigenvalue weighted by Crippen LogP contribution is 2.30. The zero-order valence-corrected chi connectivity index (χ0v) is 15.2. The summed E-state index contributed by atoms with van der Waals surface area (Å²) < 4.78 is 11.0. The van der Waals surface area contributed by atoms with Crippen LogP contribution >= 0.6 is 0 Å². The van der Waals surface area contributed by atoms with Crippen LogP contribution in [0.2, 0.25) is 0 Å². The Hall–Kier alpha value is -3.09. The Balaban J connectivity index is 2.17. The molecule has 0 aliphatic heterocycles. The molecule has 0 heterocycles. The summed E-state index contributed by atoms with van der Waals surface area (Å²) in [5.74, 6) is 0.788. The van der Waals surface area contributed by atoms with Crippen molar-refractivity contribution in [1.29, 1.82) is 0 Å². The van der Waals surface area contributed by atoms with Crippen LogP contribution in [0.5, 0.6) is 11.5 Å². The second-order valence-corrected chi connectivity index (χ2v) is 6.08. The van der Waals surface area contributed by atoms with Crippen molar-refractivity contribution in [3.8, 4) is 11.5 Å². The van der Waals surface area contributed by atoms with E-state index >= 15 is 0 Å². The van der Waals surface area contributed by atoms with E-state index in [1.165, 1.54) is 25.3 Å². The standard InChI is InChI=1S/C19H22N2O5/c1-12(2)15-7-5-6-8-17(15)26-13(3)19(22)20-16-11-14(21(23)24)9-10-18(16)25-4/h5-13H,1-4H3,(H,20,22). The number of nitro benzene ring substituents is 1. The SMILES string of the molecule is COc1ccc([N+](=O)[O-])cc1NC(=O)C(C)Oc1ccccc1C(C)C. The number of nitro groups is 1. The van der Waals surface area contributed by atoms with Gasteiger partial charge in [-0.25, -0.2) is 0 Å². The molecule has 1 unspecified atom stereocenters. The fraction of sp³-hybridized carbons (Fsp3) is 0.316. The molecule has 138 valence electrons. The Kier molecular flexibility index (Phi) is 6.16. The van der Waals surface area contributed by atoms with Gasteiger partial charge in [-0.3, -0.25) is 14.9 Å². The molecular formula is C19H22N2O5. The maximum Gasteiger partial charge on any atom is 0.271 e. The molecule has 2 rings (SSSR count). The number of hydrogen-bond donors (Lipinski definition) is 1. The predicted octanol–water partition coefficient (Wildman–Crippen LogP) is 4.13. The number of carbonyl (C=O) groups is 1. The topological polar surface area (TPSA) is 90.7 Å². The van der Waals surface area contributed by atoms with Crippen molar-refractivity contribution in [1.82, 2.24) is 0 Å². The predicted molar refractivity (Wildman–Crippen MR) is 98.9 cm³/mol. The Morgan fingerprint density at radius 1 is 1.12 bits per heavy atom. The van der Waals surface area contributed by atoms with E-state index in [9.17, 15) is 14.9 Å². The summed E-state index contributed by atoms with van der Waals surface area (Å²) in [5, 5.41) is 13.6. The van der Waals surface area contributed by atoms with Crippen LogP contribution in [-0.4, -0.2) is 24.0 Å². The van der Waals surface area contributed by atoms with Crippen molar-refractivity contribution in [3.63, 3.8) is 0 Å². The first-order chi connectivity index (χ1) is 12.3. The first kappa shape index (κ1) is 19.2. The van der Waals surface area contributed by atoms with Crippen LogP contribution in [0.25, 0.3) is 0 Å². The maximum atomic E-state index is 12.5. The molecule has 26 heavy (non-hydrogen) atoms. The summed E-state index contributed by atoms with van der Waals surface area (Å²) in [6, 6.07) is 11.5. The first-order valence-corrected chi connectivity index (χ1v) is 8.22. The normalized spacial score (nSPS) is 11.7. The van der Waals surface area contributed by atoms with E-state index in [0.717, 1.165) is 5.56 Å². The third kappa shape index (κ3) is 4.50. The Bertz CT molecular complexity index is 804. The summed E-state index contributed by atoms with van der Waals surface area (Å²) in [7, 11) is 1.43. The Labute approximate surface area is 152 Å². The summed E-state index contributed by atoms with van der Waals surface area (Å²) in [6.07, 6.45) is -0.793. The smallest absolute Gasteiger partial charge is 0.271 e. The number of nitrogens with zero attached hydrogens (tertiary/aromatic N) is 1. The lowest BCUT2D eigenvalue weighted by Gasteiger charge is -2.19. The molecule has 2 aromatic rings. The van der Waals surface area contributed by atoms with Crippen molar-refractivity contribution in [3.05, 3.63) is 58.1 Å². The van der Waals surface area contributed by atoms with Gasteiger partial charge in [0, 0.05) is 12.1 Å². The van der Waals surface area contributed by atoms with Crippen molar-refractivity contribution >= 4 is 17.3 Å². The molecule has 0 spiro atoms. The van der Waals surface area contributed by atoms with E-state index in [4.69, 9.17) is 9.47 Å². The number of non-ortho nitro benzene ring substituents is 1. The lowest BCUT2D eigenvalue weighted by Crippen LogP contribution is -2.30. The largest absolute Gasteiger partial charge is 0.495 e. The summed E-state index contributed by atoms with van der Waals surface area (Å²) >= 11 is 0. The summed E-state index contributed by atoms with van der Waals surface area (Å²) in [4.78, 5) is 22.9. The third-order valence-electron chi connectivity index (χ3n) is 3.87. The van der Waals surface area contributed by atoms with Crippen molar-refractivity contribution < 1.29 is 19.2 Å². The van der Waals surface area contributed by atoms with Crippen LogP contribution in [0.3, 0.4) is 0 Å². The van der Waals surface area contributed by atoms with Gasteiger partial charge >= 0.3 is 0 Å². The Morgan fingerprint density at radius 2 is 1.81 bits per heavy atom. The zero-order chi connectivity index (χ0) is 19.3. The van der Waals surface area contributed by atoms with E-state index < -0.39 is 16.9 Å². The van der Waals surface area contributed by atoms with Gasteiger partial charge in [0.25, 0.3) is 11.6 Å². The number of rotatable bonds is 7. The molecule has 0 bridgehead atoms. The Morgan fingerprint density at radius 3 is 2.42 bits per heavy atom. The molecule has 0 aliphatic carbocycles. The molecule has 1 amide bonds. The molecule has 0 fully saturated rings. The zero-order valence-electron chi connectivity index (χ0n) is 15.2. The monoisotopic (exact) mass is 358 g/mol. The highest BCUT2D eigenvalue weighted by atomic mass is 16.6. The van der Waals surface area contributed by atoms with Gasteiger partial charge in [0.15, 0.2) is 6.10 Å². The van der Waals surface area contributed by atoms with Gasteiger partial charge in [-0.2, -0.15) is 0 Å². The molecule has 0 radical (unpaired) electrons. The molecule has 7 heteroatoms. The van der Waals surface area contributed by atoms with Crippen LogP contribution < -0.4 is 14.8 Å². The highest BCUT2D eigenvalue weighted by Gasteiger charge is 2.20. The second kappa shape index (κ2) is 8.33. The van der Waals surface area contributed by atoms with E-state index in [1.807, 2.05) is 38.1 Å². The fourth-order valence-electron chi connectivity index (χ4n) is 2.45. The number of carbonyl (C=O) groups excluding carboxylic acids is 1. The summed E-state index contributed by atoms with van der Waals surface area (Å²) in [6.45, 7) is 5.71. The van der Waals surface area contributed by atoms with Gasteiger partial charge in [0.05, 0.1) is 17.7 Å². The molecule has 1 atom stereocenters. The van der Waals surface area contributed by atoms with E-state index in [2.05, 4.69) is 5.32 Å². The van der Waals surface area contributed by atoms with E-state index in [0.29, 0.717) is 11.5 Å². The number of amides is 1. The van der Waals surface area contributed by atoms with Gasteiger partial charge in [-0.05, 0) is 30.5 Å². The number of para-hydroxylation sites is 1. The number of nitrogens with one attached hydrogen (secondary N) is 1. The number of hydrogen-bond acceptors (Lipinski definition) is 5. The van der Waals surface area contributed by atoms with Crippen LogP contribution in [0.15, 0.2) is 42.5 Å². The lowest BCUT2D eigenvalue weighted by atomic mass is 10.0. The number of ether oxygens (including phenoxy) is 2. The third-order valence-corrected chi connectivity index (χ3v) is 3.87. The maximum absolute atomic E-state index is 12.5. The summed E-state index contributed by atoms with van der Waals surface area (Å²) in [5.41, 5.74) is 1.08. The van der Waals surface area contributed by atoms with Crippen LogP contribution in [-0.2, 0) is 4.79 Å². The van der Waals surface area contributed by atoms with Crippen molar-refractivity contribution in [2.45, 2.75) is 32.8 Å². The second-order valence-electron chi connectivity index (χ2n) is 6.08. The minimum atomic E-state index is -0.793. The average Bonchev–Trinajstić information content (AvgIpc) is 2.61. The van der Waals surface area contributed by atoms with Crippen LogP contribution in [0.4, 0.5) is 11.4 Å². The molecule has 0 aliphatic rings. The van der Waals surface area contributed by atoms with Gasteiger partial charge < -0.3 is 14.8 Å². The van der Waals surface area contributed by atoms with E-state index in [1.54, 1.807) is 6.92 Å². The molecule has 0 saturated carbocycles. The van der Waals surface area contributed by atoms with Gasteiger partial charge in [0.2, 0.25) is 0 Å². The molecule has 1 N–H and O–H groups in total. The number of methoxy groups -OCH3 is 1. The first-order valence-electron chi connectivity index (χ1n) is 8.22. The van der Waals surface area contributed by atoms with Crippen LogP contribution in [0.1, 0.15) is 32.3 Å². The quantitative estimate of drug-likeness (QED) is 0.593. The van der Waals surface area contributed by atoms with Crippen molar-refractivity contribution in [2.24, 2.45) is 0 Å². The van der Waals surface area contributed by atoms with Gasteiger partial charge in [-0.15, -0.1) is 0 Å². The number of anilines is 1. The van der Waals surface area contributed by atoms with Crippen molar-refractivity contribution in [2.75, 3.05) is 12.4 Å². The van der Waals surface area contributed by atoms with E-state index in [-0.39, 0.29) is 17.3 Å². The van der Waals surface area contributed by atoms with Gasteiger partial charge in [0.1, 0.15) is 11.5 Å². The minimum absolute atomic E-state index is 0.139. The lowest BCUT2D eigenvalue weighted by molar-refractivity contribution is -0.384. The van der Waals surface area contributed by atoms with Gasteiger partial charge in [-0.1, -0.05) is 32.0 Å². The molecule has 2 aromatic carbocycles. The molecule has 0 saturated heterocycles. The van der Waals surface area contributed by atoms with Crippen LogP contribution in [0, 0.1) is 10.1 Å². The minimum Gasteiger partial charge on any atom is -0.495 e. The highest BCUT2D eigenvalue weighted by molar-refractivity contribution is 5.95. The molecular weight excluding hydrogens is 336 g/mol. The average molecular weight is 358 g/mol. The molecule has 7 nitrogen and oxygen atoms in total. The molecule has 0 aromatic heterocycles.